The Kier molecular flexibility index (Phi) is 5.32. The Morgan fingerprint density at radius 2 is 1.89 bits per heavy atom. The third-order valence-corrected chi connectivity index (χ3v) is 2.31. The van der Waals surface area contributed by atoms with E-state index in [9.17, 15) is 9.59 Å². The van der Waals surface area contributed by atoms with Gasteiger partial charge in [0.25, 0.3) is 5.91 Å². The largest absolute Gasteiger partial charge is 0.489 e. The number of para-hydroxylation sites is 2. The van der Waals surface area contributed by atoms with Crippen LogP contribution in [0.1, 0.15) is 13.8 Å². The Bertz CT molecular complexity index is 460. The summed E-state index contributed by atoms with van der Waals surface area (Å²) in [7, 11) is 1.41. The fourth-order valence-electron chi connectivity index (χ4n) is 1.50. The SMILES string of the molecule is CNC(C(=O)O)C(=O)Nc1ccccc1OC(C)C. The number of carbonyl (C=O) groups excluding carboxylic acids is 1. The molecule has 1 rings (SSSR count). The average molecular weight is 266 g/mol. The molecule has 3 N–H and O–H groups in total. The number of carboxylic acids is 1. The van der Waals surface area contributed by atoms with Gasteiger partial charge in [0.2, 0.25) is 0 Å². The Balaban J connectivity index is 2.87. The van der Waals surface area contributed by atoms with Crippen molar-refractivity contribution in [2.24, 2.45) is 0 Å². The lowest BCUT2D eigenvalue weighted by Gasteiger charge is -2.16. The number of hydrogen-bond acceptors (Lipinski definition) is 4. The molecule has 0 bridgehead atoms. The highest BCUT2D eigenvalue weighted by molar-refractivity contribution is 6.08. The van der Waals surface area contributed by atoms with Gasteiger partial charge in [-0.15, -0.1) is 0 Å². The van der Waals surface area contributed by atoms with Gasteiger partial charge in [0, 0.05) is 0 Å². The van der Waals surface area contributed by atoms with Gasteiger partial charge in [-0.3, -0.25) is 10.1 Å². The topological polar surface area (TPSA) is 87.7 Å². The lowest BCUT2D eigenvalue weighted by Crippen LogP contribution is -2.44. The summed E-state index contributed by atoms with van der Waals surface area (Å²) in [5.74, 6) is -1.37. The molecule has 1 aromatic rings. The highest BCUT2D eigenvalue weighted by Crippen LogP contribution is 2.24. The molecule has 0 heterocycles. The average Bonchev–Trinajstić information content (AvgIpc) is 2.31. The standard InChI is InChI=1S/C13H18N2O4/c1-8(2)19-10-7-5-4-6-9(10)15-12(16)11(14-3)13(17)18/h4-8,11,14H,1-3H3,(H,15,16)(H,17,18). The van der Waals surface area contributed by atoms with E-state index in [-0.39, 0.29) is 6.10 Å². The molecule has 0 radical (unpaired) electrons. The Morgan fingerprint density at radius 1 is 1.26 bits per heavy atom. The number of rotatable bonds is 6. The predicted molar refractivity (Wildman–Crippen MR) is 71.3 cm³/mol. The molecule has 104 valence electrons. The minimum atomic E-state index is -1.30. The van der Waals surface area contributed by atoms with Crippen LogP contribution in [0.25, 0.3) is 0 Å². The molecule has 0 aliphatic heterocycles. The van der Waals surface area contributed by atoms with Gasteiger partial charge >= 0.3 is 5.97 Å². The Labute approximate surface area is 111 Å². The molecule has 0 aromatic heterocycles. The second kappa shape index (κ2) is 6.75. The molecule has 0 aliphatic carbocycles. The lowest BCUT2D eigenvalue weighted by atomic mass is 10.2. The first-order valence-electron chi connectivity index (χ1n) is 5.92. The zero-order valence-corrected chi connectivity index (χ0v) is 11.1. The number of aliphatic carboxylic acids is 1. The lowest BCUT2D eigenvalue weighted by molar-refractivity contribution is -0.142. The quantitative estimate of drug-likeness (QED) is 0.671. The summed E-state index contributed by atoms with van der Waals surface area (Å²) < 4.78 is 5.54. The smallest absolute Gasteiger partial charge is 0.330 e. The first-order valence-corrected chi connectivity index (χ1v) is 5.92. The molecule has 6 nitrogen and oxygen atoms in total. The number of likely N-dealkylation sites (N-methyl/N-ethyl adjacent to an activating group) is 1. The van der Waals surface area contributed by atoms with Gasteiger partial charge < -0.3 is 15.2 Å². The zero-order valence-electron chi connectivity index (χ0n) is 11.1. The van der Waals surface area contributed by atoms with E-state index in [2.05, 4.69) is 10.6 Å². The molecule has 0 saturated heterocycles. The molecule has 1 atom stereocenters. The van der Waals surface area contributed by atoms with Gasteiger partial charge in [-0.05, 0) is 33.0 Å². The second-order valence-electron chi connectivity index (χ2n) is 4.21. The first kappa shape index (κ1) is 15.0. The van der Waals surface area contributed by atoms with E-state index in [4.69, 9.17) is 9.84 Å². The van der Waals surface area contributed by atoms with Crippen molar-refractivity contribution in [3.05, 3.63) is 24.3 Å². The normalized spacial score (nSPS) is 12.0. The summed E-state index contributed by atoms with van der Waals surface area (Å²) in [6, 6.07) is 5.58. The number of ether oxygens (including phenoxy) is 1. The number of amides is 1. The van der Waals surface area contributed by atoms with Gasteiger partial charge in [-0.25, -0.2) is 4.79 Å². The van der Waals surface area contributed by atoms with E-state index in [1.54, 1.807) is 24.3 Å². The number of benzene rings is 1. The number of carbonyl (C=O) groups is 2. The van der Waals surface area contributed by atoms with E-state index in [1.807, 2.05) is 13.8 Å². The summed E-state index contributed by atoms with van der Waals surface area (Å²) in [5, 5.41) is 13.9. The van der Waals surface area contributed by atoms with Gasteiger partial charge in [-0.1, -0.05) is 12.1 Å². The third-order valence-electron chi connectivity index (χ3n) is 2.31. The minimum absolute atomic E-state index is 0.0439. The molecule has 0 fully saturated rings. The number of hydrogen-bond donors (Lipinski definition) is 3. The number of carboxylic acid groups (broad SMARTS) is 1. The third kappa shape index (κ3) is 4.26. The van der Waals surface area contributed by atoms with Gasteiger partial charge in [-0.2, -0.15) is 0 Å². The van der Waals surface area contributed by atoms with Gasteiger partial charge in [0.1, 0.15) is 5.75 Å². The first-order chi connectivity index (χ1) is 8.95. The predicted octanol–water partition coefficient (Wildman–Crippen LogP) is 1.08. The fraction of sp³-hybridized carbons (Fsp3) is 0.385. The van der Waals surface area contributed by atoms with E-state index in [1.165, 1.54) is 7.05 Å². The number of anilines is 1. The summed E-state index contributed by atoms with van der Waals surface area (Å²) in [6.45, 7) is 3.73. The van der Waals surface area contributed by atoms with Crippen molar-refractivity contribution < 1.29 is 19.4 Å². The van der Waals surface area contributed by atoms with Crippen LogP contribution in [0, 0.1) is 0 Å². The zero-order chi connectivity index (χ0) is 14.4. The molecular weight excluding hydrogens is 248 g/mol. The highest BCUT2D eigenvalue weighted by Gasteiger charge is 2.24. The summed E-state index contributed by atoms with van der Waals surface area (Å²) >= 11 is 0. The monoisotopic (exact) mass is 266 g/mol. The van der Waals surface area contributed by atoms with E-state index < -0.39 is 17.9 Å². The summed E-state index contributed by atoms with van der Waals surface area (Å²) in [6.07, 6.45) is -0.0439. The van der Waals surface area contributed by atoms with Crippen molar-refractivity contribution >= 4 is 17.6 Å². The Morgan fingerprint density at radius 3 is 2.42 bits per heavy atom. The van der Waals surface area contributed by atoms with Crippen LogP contribution in [0.3, 0.4) is 0 Å². The molecule has 1 aromatic carbocycles. The molecule has 1 amide bonds. The van der Waals surface area contributed by atoms with Crippen LogP contribution in [-0.2, 0) is 9.59 Å². The molecule has 6 heteroatoms. The summed E-state index contributed by atoms with van der Waals surface area (Å²) in [4.78, 5) is 22.7. The van der Waals surface area contributed by atoms with Crippen LogP contribution in [0.2, 0.25) is 0 Å². The molecule has 0 spiro atoms. The molecule has 0 saturated carbocycles. The van der Waals surface area contributed by atoms with E-state index in [0.29, 0.717) is 11.4 Å². The summed E-state index contributed by atoms with van der Waals surface area (Å²) in [5.41, 5.74) is 0.447. The van der Waals surface area contributed by atoms with Crippen LogP contribution in [0.15, 0.2) is 24.3 Å². The maximum Gasteiger partial charge on any atom is 0.330 e. The minimum Gasteiger partial charge on any atom is -0.489 e. The highest BCUT2D eigenvalue weighted by atomic mass is 16.5. The fourth-order valence-corrected chi connectivity index (χ4v) is 1.50. The second-order valence-corrected chi connectivity index (χ2v) is 4.21. The van der Waals surface area contributed by atoms with Gasteiger partial charge in [0.15, 0.2) is 6.04 Å². The molecule has 0 aliphatic rings. The van der Waals surface area contributed by atoms with Crippen molar-refractivity contribution in [1.82, 2.24) is 5.32 Å². The van der Waals surface area contributed by atoms with Crippen molar-refractivity contribution in [2.75, 3.05) is 12.4 Å². The van der Waals surface area contributed by atoms with Crippen LogP contribution in [-0.4, -0.2) is 36.2 Å². The molecule has 19 heavy (non-hydrogen) atoms. The van der Waals surface area contributed by atoms with Crippen LogP contribution < -0.4 is 15.4 Å². The van der Waals surface area contributed by atoms with Crippen molar-refractivity contribution in [1.29, 1.82) is 0 Å². The Hall–Kier alpha value is -2.08. The molecular formula is C13H18N2O4. The van der Waals surface area contributed by atoms with E-state index >= 15 is 0 Å². The maximum absolute atomic E-state index is 11.8. The van der Waals surface area contributed by atoms with Crippen molar-refractivity contribution in [2.45, 2.75) is 26.0 Å². The van der Waals surface area contributed by atoms with Crippen LogP contribution >= 0.6 is 0 Å². The van der Waals surface area contributed by atoms with Gasteiger partial charge in [0.05, 0.1) is 11.8 Å². The van der Waals surface area contributed by atoms with E-state index in [0.717, 1.165) is 0 Å². The van der Waals surface area contributed by atoms with Crippen molar-refractivity contribution in [3.63, 3.8) is 0 Å². The van der Waals surface area contributed by atoms with Crippen molar-refractivity contribution in [3.8, 4) is 5.75 Å². The van der Waals surface area contributed by atoms with Crippen LogP contribution in [0.5, 0.6) is 5.75 Å². The van der Waals surface area contributed by atoms with Crippen LogP contribution in [0.4, 0.5) is 5.69 Å². The number of nitrogens with one attached hydrogen (secondary N) is 2. The molecule has 1 unspecified atom stereocenters. The maximum atomic E-state index is 11.8.